The van der Waals surface area contributed by atoms with Crippen molar-refractivity contribution in [3.05, 3.63) is 47.3 Å². The van der Waals surface area contributed by atoms with Crippen molar-refractivity contribution in [1.82, 2.24) is 15.8 Å². The molecule has 0 atom stereocenters. The molecule has 6 heteroatoms. The van der Waals surface area contributed by atoms with Gasteiger partial charge in [0.15, 0.2) is 5.96 Å². The fourth-order valence-corrected chi connectivity index (χ4v) is 2.64. The number of nitrogens with one attached hydrogen (secondary N) is 2. The van der Waals surface area contributed by atoms with Gasteiger partial charge in [-0.1, -0.05) is 17.3 Å². The zero-order chi connectivity index (χ0) is 15.8. The van der Waals surface area contributed by atoms with Crippen LogP contribution in [-0.4, -0.2) is 23.9 Å². The minimum Gasteiger partial charge on any atom is -0.364 e. The fraction of sp³-hybridized carbons (Fsp3) is 0.375. The van der Waals surface area contributed by atoms with E-state index in [4.69, 9.17) is 4.52 Å². The van der Waals surface area contributed by atoms with Crippen LogP contribution in [0.2, 0.25) is 0 Å². The minimum absolute atomic E-state index is 0.590. The Morgan fingerprint density at radius 3 is 2.82 bits per heavy atom. The highest BCUT2D eigenvalue weighted by Gasteiger charge is 2.02. The molecule has 2 N–H and O–H groups in total. The molecule has 22 heavy (non-hydrogen) atoms. The second-order valence-electron chi connectivity index (χ2n) is 4.84. The molecule has 0 unspecified atom stereocenters. The molecule has 0 aliphatic heterocycles. The molecular formula is C16H22N4OS. The van der Waals surface area contributed by atoms with Crippen LogP contribution in [0.4, 0.5) is 0 Å². The van der Waals surface area contributed by atoms with E-state index < -0.39 is 0 Å². The molecular weight excluding hydrogens is 296 g/mol. The number of hydrogen-bond donors (Lipinski definition) is 2. The lowest BCUT2D eigenvalue weighted by atomic mass is 10.1. The number of benzene rings is 1. The van der Waals surface area contributed by atoms with Crippen LogP contribution in [0, 0.1) is 6.92 Å². The lowest BCUT2D eigenvalue weighted by molar-refractivity contribution is 0.410. The lowest BCUT2D eigenvalue weighted by Crippen LogP contribution is -2.36. The van der Waals surface area contributed by atoms with Crippen LogP contribution >= 0.6 is 11.8 Å². The van der Waals surface area contributed by atoms with E-state index in [1.807, 2.05) is 13.0 Å². The van der Waals surface area contributed by atoms with Gasteiger partial charge in [-0.2, -0.15) is 0 Å². The van der Waals surface area contributed by atoms with Crippen LogP contribution in [0.5, 0.6) is 0 Å². The van der Waals surface area contributed by atoms with Crippen molar-refractivity contribution >= 4 is 17.7 Å². The van der Waals surface area contributed by atoms with Gasteiger partial charge in [-0.05, 0) is 37.3 Å². The molecule has 1 heterocycles. The Bertz CT molecular complexity index is 611. The molecule has 1 aromatic heterocycles. The van der Waals surface area contributed by atoms with E-state index in [1.165, 1.54) is 16.0 Å². The third-order valence-corrected chi connectivity index (χ3v) is 4.05. The molecule has 0 bridgehead atoms. The second-order valence-corrected chi connectivity index (χ2v) is 5.69. The molecule has 0 radical (unpaired) electrons. The van der Waals surface area contributed by atoms with Crippen LogP contribution in [0.3, 0.4) is 0 Å². The zero-order valence-electron chi connectivity index (χ0n) is 13.2. The third kappa shape index (κ3) is 4.80. The smallest absolute Gasteiger partial charge is 0.191 e. The van der Waals surface area contributed by atoms with Gasteiger partial charge in [0.25, 0.3) is 0 Å². The van der Waals surface area contributed by atoms with Gasteiger partial charge < -0.3 is 15.2 Å². The molecule has 2 rings (SSSR count). The molecule has 0 aliphatic rings. The van der Waals surface area contributed by atoms with Gasteiger partial charge >= 0.3 is 0 Å². The topological polar surface area (TPSA) is 62.5 Å². The Kier molecular flexibility index (Phi) is 6.33. The SMILES string of the molecule is CCNC(=NCc1ccc(SC)c(C)c1)NCc1ccon1. The van der Waals surface area contributed by atoms with E-state index in [0.717, 1.165) is 18.2 Å². The predicted molar refractivity (Wildman–Crippen MR) is 91.1 cm³/mol. The number of thioether (sulfide) groups is 1. The van der Waals surface area contributed by atoms with Gasteiger partial charge in [-0.3, -0.25) is 0 Å². The highest BCUT2D eigenvalue weighted by Crippen LogP contribution is 2.20. The number of nitrogens with zero attached hydrogens (tertiary/aromatic N) is 2. The van der Waals surface area contributed by atoms with Crippen molar-refractivity contribution in [1.29, 1.82) is 0 Å². The first-order valence-electron chi connectivity index (χ1n) is 7.28. The first-order chi connectivity index (χ1) is 10.7. The molecule has 118 valence electrons. The average Bonchev–Trinajstić information content (AvgIpc) is 3.03. The quantitative estimate of drug-likeness (QED) is 0.487. The molecule has 0 spiro atoms. The molecule has 0 saturated carbocycles. The number of aryl methyl sites for hydroxylation is 1. The highest BCUT2D eigenvalue weighted by molar-refractivity contribution is 7.98. The van der Waals surface area contributed by atoms with Gasteiger partial charge in [-0.25, -0.2) is 4.99 Å². The summed E-state index contributed by atoms with van der Waals surface area (Å²) in [6, 6.07) is 8.31. The van der Waals surface area contributed by atoms with Gasteiger partial charge in [0.1, 0.15) is 12.0 Å². The molecule has 2 aromatic rings. The fourth-order valence-electron chi connectivity index (χ4n) is 2.05. The summed E-state index contributed by atoms with van der Waals surface area (Å²) >= 11 is 1.77. The maximum absolute atomic E-state index is 4.82. The predicted octanol–water partition coefficient (Wildman–Crippen LogP) is 2.96. The van der Waals surface area contributed by atoms with Crippen molar-refractivity contribution in [3.63, 3.8) is 0 Å². The Labute approximate surface area is 135 Å². The summed E-state index contributed by atoms with van der Waals surface area (Å²) in [7, 11) is 0. The Hall–Kier alpha value is -1.95. The van der Waals surface area contributed by atoms with Crippen molar-refractivity contribution < 1.29 is 4.52 Å². The minimum atomic E-state index is 0.590. The van der Waals surface area contributed by atoms with E-state index in [9.17, 15) is 0 Å². The van der Waals surface area contributed by atoms with Crippen LogP contribution < -0.4 is 10.6 Å². The van der Waals surface area contributed by atoms with Crippen molar-refractivity contribution in [2.75, 3.05) is 12.8 Å². The molecule has 0 saturated heterocycles. The maximum Gasteiger partial charge on any atom is 0.191 e. The average molecular weight is 318 g/mol. The van der Waals surface area contributed by atoms with E-state index in [0.29, 0.717) is 13.1 Å². The van der Waals surface area contributed by atoms with Crippen molar-refractivity contribution in [3.8, 4) is 0 Å². The molecule has 1 aromatic carbocycles. The van der Waals surface area contributed by atoms with Gasteiger partial charge in [0.2, 0.25) is 0 Å². The highest BCUT2D eigenvalue weighted by atomic mass is 32.2. The lowest BCUT2D eigenvalue weighted by Gasteiger charge is -2.10. The summed E-state index contributed by atoms with van der Waals surface area (Å²) in [6.45, 7) is 6.23. The van der Waals surface area contributed by atoms with Crippen LogP contribution in [0.15, 0.2) is 44.9 Å². The van der Waals surface area contributed by atoms with E-state index in [2.05, 4.69) is 52.2 Å². The Morgan fingerprint density at radius 2 is 2.18 bits per heavy atom. The standard InChI is InChI=1S/C16H22N4OS/c1-4-17-16(19-11-14-7-8-21-20-14)18-10-13-5-6-15(22-3)12(2)9-13/h5-9H,4,10-11H2,1-3H3,(H2,17,18,19). The zero-order valence-corrected chi connectivity index (χ0v) is 14.0. The normalized spacial score (nSPS) is 11.5. The first-order valence-corrected chi connectivity index (χ1v) is 8.50. The summed E-state index contributed by atoms with van der Waals surface area (Å²) in [4.78, 5) is 5.92. The Balaban J connectivity index is 1.98. The Morgan fingerprint density at radius 1 is 1.32 bits per heavy atom. The first kappa shape index (κ1) is 16.4. The monoisotopic (exact) mass is 318 g/mol. The summed E-state index contributed by atoms with van der Waals surface area (Å²) in [5.41, 5.74) is 3.35. The number of hydrogen-bond acceptors (Lipinski definition) is 4. The summed E-state index contributed by atoms with van der Waals surface area (Å²) in [5.74, 6) is 0.775. The summed E-state index contributed by atoms with van der Waals surface area (Å²) in [5, 5.41) is 10.3. The van der Waals surface area contributed by atoms with E-state index in [1.54, 1.807) is 18.0 Å². The van der Waals surface area contributed by atoms with Gasteiger partial charge in [0.05, 0.1) is 13.1 Å². The molecule has 0 aliphatic carbocycles. The largest absolute Gasteiger partial charge is 0.364 e. The van der Waals surface area contributed by atoms with Crippen LogP contribution in [0.1, 0.15) is 23.7 Å². The maximum atomic E-state index is 4.82. The summed E-state index contributed by atoms with van der Waals surface area (Å²) < 4.78 is 4.82. The molecule has 0 fully saturated rings. The number of aliphatic imine (C=N–C) groups is 1. The second kappa shape index (κ2) is 8.48. The van der Waals surface area contributed by atoms with Crippen molar-refractivity contribution in [2.24, 2.45) is 4.99 Å². The van der Waals surface area contributed by atoms with Gasteiger partial charge in [-0.15, -0.1) is 11.8 Å². The van der Waals surface area contributed by atoms with Crippen LogP contribution in [0.25, 0.3) is 0 Å². The molecule has 5 nitrogen and oxygen atoms in total. The number of aromatic nitrogens is 1. The third-order valence-electron chi connectivity index (χ3n) is 3.15. The summed E-state index contributed by atoms with van der Waals surface area (Å²) in [6.07, 6.45) is 3.66. The van der Waals surface area contributed by atoms with Crippen molar-refractivity contribution in [2.45, 2.75) is 31.8 Å². The van der Waals surface area contributed by atoms with E-state index >= 15 is 0 Å². The van der Waals surface area contributed by atoms with Gasteiger partial charge in [0, 0.05) is 17.5 Å². The number of rotatable bonds is 6. The van der Waals surface area contributed by atoms with E-state index in [-0.39, 0.29) is 0 Å². The van der Waals surface area contributed by atoms with Crippen LogP contribution in [-0.2, 0) is 13.1 Å². The number of guanidine groups is 1. The molecule has 0 amide bonds.